The van der Waals surface area contributed by atoms with Crippen molar-refractivity contribution in [2.75, 3.05) is 0 Å². The lowest BCUT2D eigenvalue weighted by Crippen LogP contribution is -1.92. The molecule has 19 heavy (non-hydrogen) atoms. The van der Waals surface area contributed by atoms with E-state index in [-0.39, 0.29) is 0 Å². The van der Waals surface area contributed by atoms with Gasteiger partial charge in [0.1, 0.15) is 0 Å². The predicted octanol–water partition coefficient (Wildman–Crippen LogP) is 5.64. The molecule has 2 rings (SSSR count). The molecule has 0 atom stereocenters. The normalized spacial score (nSPS) is 10.9. The van der Waals surface area contributed by atoms with Gasteiger partial charge in [-0.3, -0.25) is 0 Å². The van der Waals surface area contributed by atoms with Crippen molar-refractivity contribution in [3.63, 3.8) is 0 Å². The summed E-state index contributed by atoms with van der Waals surface area (Å²) in [5.41, 5.74) is 3.53. The second kappa shape index (κ2) is 6.95. The van der Waals surface area contributed by atoms with E-state index in [2.05, 4.69) is 101 Å². The van der Waals surface area contributed by atoms with E-state index in [1.165, 1.54) is 18.3 Å². The zero-order valence-corrected chi connectivity index (χ0v) is 15.5. The number of benzene rings is 2. The molecule has 0 aliphatic rings. The monoisotopic (exact) mass is 490 g/mol. The van der Waals surface area contributed by atoms with Crippen LogP contribution in [0.2, 0.25) is 0 Å². The summed E-state index contributed by atoms with van der Waals surface area (Å²) in [7, 11) is 0. The summed E-state index contributed by atoms with van der Waals surface area (Å²) < 4.78 is 2.48. The van der Waals surface area contributed by atoms with Crippen molar-refractivity contribution in [2.24, 2.45) is 0 Å². The zero-order chi connectivity index (χ0) is 13.8. The van der Waals surface area contributed by atoms with E-state index >= 15 is 0 Å². The first-order valence-corrected chi connectivity index (χ1v) is 8.36. The fourth-order valence-corrected chi connectivity index (χ4v) is 3.85. The number of halogens is 2. The van der Waals surface area contributed by atoms with Crippen LogP contribution in [-0.4, -0.2) is 4.86 Å². The van der Waals surface area contributed by atoms with E-state index in [0.717, 1.165) is 10.4 Å². The maximum absolute atomic E-state index is 5.44. The molecule has 2 aromatic carbocycles. The molecule has 96 valence electrons. The second-order valence-corrected chi connectivity index (χ2v) is 7.20. The first-order chi connectivity index (χ1) is 9.04. The molecule has 0 nitrogen and oxygen atoms in total. The van der Waals surface area contributed by atoms with Crippen LogP contribution >= 0.6 is 57.4 Å². The Kier molecular flexibility index (Phi) is 5.53. The molecule has 0 heterocycles. The van der Waals surface area contributed by atoms with E-state index in [1.54, 1.807) is 0 Å². The lowest BCUT2D eigenvalue weighted by Gasteiger charge is -2.00. The SMILES string of the molecule is Cc1ccc(C(=S)C=Cc2cc(I)cc(I)c2)cc1. The molecule has 0 N–H and O–H groups in total. The highest BCUT2D eigenvalue weighted by Gasteiger charge is 1.98. The molecule has 0 aliphatic carbocycles. The molecule has 3 heteroatoms. The topological polar surface area (TPSA) is 0 Å². The third kappa shape index (κ3) is 4.65. The van der Waals surface area contributed by atoms with Gasteiger partial charge in [-0.05, 0) is 87.5 Å². The van der Waals surface area contributed by atoms with Crippen LogP contribution in [0.5, 0.6) is 0 Å². The van der Waals surface area contributed by atoms with Gasteiger partial charge < -0.3 is 0 Å². The van der Waals surface area contributed by atoms with Gasteiger partial charge in [0.2, 0.25) is 0 Å². The predicted molar refractivity (Wildman–Crippen MR) is 104 cm³/mol. The summed E-state index contributed by atoms with van der Waals surface area (Å²) >= 11 is 10.1. The molecule has 0 amide bonds. The molecule has 0 unspecified atom stereocenters. The van der Waals surface area contributed by atoms with E-state index in [1.807, 2.05) is 6.08 Å². The Hall–Kier alpha value is -0.270. The highest BCUT2D eigenvalue weighted by molar-refractivity contribution is 14.1. The maximum Gasteiger partial charge on any atom is 0.0449 e. The van der Waals surface area contributed by atoms with Gasteiger partial charge in [-0.15, -0.1) is 0 Å². The van der Waals surface area contributed by atoms with Crippen molar-refractivity contribution < 1.29 is 0 Å². The van der Waals surface area contributed by atoms with Crippen LogP contribution in [0.4, 0.5) is 0 Å². The molecule has 0 aromatic heterocycles. The third-order valence-corrected chi connectivity index (χ3v) is 4.27. The zero-order valence-electron chi connectivity index (χ0n) is 10.4. The van der Waals surface area contributed by atoms with Crippen LogP contribution in [-0.2, 0) is 0 Å². The summed E-state index contributed by atoms with van der Waals surface area (Å²) in [6.07, 6.45) is 4.08. The number of aryl methyl sites for hydroxylation is 1. The van der Waals surface area contributed by atoms with Gasteiger partial charge in [-0.25, -0.2) is 0 Å². The fraction of sp³-hybridized carbons (Fsp3) is 0.0625. The largest absolute Gasteiger partial charge is 0.0795 e. The Bertz CT molecular complexity index is 607. The lowest BCUT2D eigenvalue weighted by molar-refractivity contribution is 1.47. The van der Waals surface area contributed by atoms with Crippen LogP contribution in [0.25, 0.3) is 6.08 Å². The van der Waals surface area contributed by atoms with Crippen molar-refractivity contribution in [1.82, 2.24) is 0 Å². The van der Waals surface area contributed by atoms with Crippen LogP contribution in [0, 0.1) is 14.1 Å². The van der Waals surface area contributed by atoms with Gasteiger partial charge in [0.15, 0.2) is 0 Å². The maximum atomic E-state index is 5.44. The van der Waals surface area contributed by atoms with Crippen LogP contribution in [0.1, 0.15) is 16.7 Å². The van der Waals surface area contributed by atoms with Gasteiger partial charge in [0.25, 0.3) is 0 Å². The first kappa shape index (κ1) is 15.1. The van der Waals surface area contributed by atoms with Crippen molar-refractivity contribution in [3.8, 4) is 0 Å². The molecule has 0 spiro atoms. The molecular weight excluding hydrogens is 478 g/mol. The fourth-order valence-electron chi connectivity index (χ4n) is 1.66. The Labute approximate surface area is 146 Å². The van der Waals surface area contributed by atoms with Crippen molar-refractivity contribution in [3.05, 3.63) is 72.4 Å². The minimum Gasteiger partial charge on any atom is -0.0795 e. The van der Waals surface area contributed by atoms with E-state index in [9.17, 15) is 0 Å². The van der Waals surface area contributed by atoms with E-state index < -0.39 is 0 Å². The summed E-state index contributed by atoms with van der Waals surface area (Å²) in [4.78, 5) is 0.869. The van der Waals surface area contributed by atoms with Crippen molar-refractivity contribution >= 4 is 68.3 Å². The summed E-state index contributed by atoms with van der Waals surface area (Å²) in [6, 6.07) is 14.8. The Morgan fingerprint density at radius 2 is 1.58 bits per heavy atom. The van der Waals surface area contributed by atoms with Crippen molar-refractivity contribution in [2.45, 2.75) is 6.92 Å². The third-order valence-electron chi connectivity index (χ3n) is 2.65. The van der Waals surface area contributed by atoms with Crippen molar-refractivity contribution in [1.29, 1.82) is 0 Å². The average molecular weight is 490 g/mol. The number of thiocarbonyl (C=S) groups is 1. The lowest BCUT2D eigenvalue weighted by atomic mass is 10.1. The summed E-state index contributed by atoms with van der Waals surface area (Å²) in [5.74, 6) is 0. The van der Waals surface area contributed by atoms with Gasteiger partial charge in [0.05, 0.1) is 0 Å². The molecule has 0 saturated heterocycles. The Morgan fingerprint density at radius 3 is 2.16 bits per heavy atom. The number of rotatable bonds is 3. The quantitative estimate of drug-likeness (QED) is 0.233. The molecule has 0 fully saturated rings. The molecule has 0 aliphatic heterocycles. The minimum atomic E-state index is 0.869. The summed E-state index contributed by atoms with van der Waals surface area (Å²) in [5, 5.41) is 0. The van der Waals surface area contributed by atoms with Crippen LogP contribution < -0.4 is 0 Å². The number of allylic oxidation sites excluding steroid dienone is 1. The van der Waals surface area contributed by atoms with Gasteiger partial charge in [-0.1, -0.05) is 48.1 Å². The number of hydrogen-bond donors (Lipinski definition) is 0. The molecular formula is C16H12I2S. The van der Waals surface area contributed by atoms with Crippen LogP contribution in [0.3, 0.4) is 0 Å². The smallest absolute Gasteiger partial charge is 0.0449 e. The Morgan fingerprint density at radius 1 is 1.00 bits per heavy atom. The van der Waals surface area contributed by atoms with E-state index in [4.69, 9.17) is 12.2 Å². The van der Waals surface area contributed by atoms with E-state index in [0.29, 0.717) is 0 Å². The summed E-state index contributed by atoms with van der Waals surface area (Å²) in [6.45, 7) is 2.08. The molecule has 2 aromatic rings. The second-order valence-electron chi connectivity index (χ2n) is 4.27. The van der Waals surface area contributed by atoms with Gasteiger partial charge >= 0.3 is 0 Å². The minimum absolute atomic E-state index is 0.869. The van der Waals surface area contributed by atoms with Gasteiger partial charge in [-0.2, -0.15) is 0 Å². The van der Waals surface area contributed by atoms with Gasteiger partial charge in [0, 0.05) is 12.0 Å². The first-order valence-electron chi connectivity index (χ1n) is 5.80. The number of hydrogen-bond acceptors (Lipinski definition) is 1. The standard InChI is InChI=1S/C16H12I2S/c1-11-2-5-13(6-3-11)16(19)7-4-12-8-14(17)10-15(18)9-12/h2-10H,1H3. The van der Waals surface area contributed by atoms with Crippen LogP contribution in [0.15, 0.2) is 48.5 Å². The highest BCUT2D eigenvalue weighted by Crippen LogP contribution is 2.16. The molecule has 0 radical (unpaired) electrons. The highest BCUT2D eigenvalue weighted by atomic mass is 127. The average Bonchev–Trinajstić information content (AvgIpc) is 2.36. The molecule has 0 saturated carbocycles. The Balaban J connectivity index is 2.18. The molecule has 0 bridgehead atoms.